The first-order valence-electron chi connectivity index (χ1n) is 5.32. The molecule has 16 heavy (non-hydrogen) atoms. The van der Waals surface area contributed by atoms with Crippen LogP contribution in [0.5, 0.6) is 0 Å². The minimum Gasteiger partial charge on any atom is -0.260 e. The Kier molecular flexibility index (Phi) is 3.10. The molecule has 1 aromatic rings. The summed E-state index contributed by atoms with van der Waals surface area (Å²) in [6, 6.07) is 1.53. The molecule has 86 valence electrons. The number of rotatable bonds is 4. The predicted octanol–water partition coefficient (Wildman–Crippen LogP) is 2.86. The Balaban J connectivity index is 2.15. The van der Waals surface area contributed by atoms with Crippen molar-refractivity contribution in [3.8, 4) is 0 Å². The fourth-order valence-corrected chi connectivity index (χ4v) is 2.10. The first-order chi connectivity index (χ1) is 7.58. The Morgan fingerprint density at radius 1 is 1.69 bits per heavy atom. The molecule has 1 heterocycles. The van der Waals surface area contributed by atoms with E-state index in [0.29, 0.717) is 23.6 Å². The number of halogens is 1. The van der Waals surface area contributed by atoms with Gasteiger partial charge in [-0.15, -0.1) is 11.6 Å². The van der Waals surface area contributed by atoms with E-state index >= 15 is 0 Å². The van der Waals surface area contributed by atoms with E-state index in [-0.39, 0.29) is 16.0 Å². The number of nitro groups is 1. The van der Waals surface area contributed by atoms with Crippen LogP contribution in [0.1, 0.15) is 24.1 Å². The van der Waals surface area contributed by atoms with Crippen LogP contribution >= 0.6 is 11.6 Å². The van der Waals surface area contributed by atoms with Gasteiger partial charge in [-0.3, -0.25) is 15.1 Å². The van der Waals surface area contributed by atoms with Gasteiger partial charge in [0.25, 0.3) is 5.69 Å². The van der Waals surface area contributed by atoms with Crippen LogP contribution in [-0.2, 0) is 6.42 Å². The average molecular weight is 241 g/mol. The van der Waals surface area contributed by atoms with E-state index in [4.69, 9.17) is 11.6 Å². The Hall–Kier alpha value is -1.16. The molecule has 0 bridgehead atoms. The lowest BCUT2D eigenvalue weighted by molar-refractivity contribution is -0.385. The van der Waals surface area contributed by atoms with Crippen molar-refractivity contribution in [1.29, 1.82) is 0 Å². The van der Waals surface area contributed by atoms with Crippen LogP contribution in [-0.4, -0.2) is 15.3 Å². The molecule has 1 unspecified atom stereocenters. The van der Waals surface area contributed by atoms with Gasteiger partial charge in [-0.05, 0) is 25.7 Å². The molecule has 2 rings (SSSR count). The zero-order valence-electron chi connectivity index (χ0n) is 9.02. The number of aryl methyl sites for hydroxylation is 1. The van der Waals surface area contributed by atoms with Gasteiger partial charge in [0, 0.05) is 35.3 Å². The maximum atomic E-state index is 10.8. The number of aromatic nitrogens is 1. The highest BCUT2D eigenvalue weighted by Gasteiger charge is 2.30. The van der Waals surface area contributed by atoms with Crippen molar-refractivity contribution in [2.75, 3.05) is 0 Å². The number of alkyl halides is 1. The molecule has 1 saturated carbocycles. The lowest BCUT2D eigenvalue weighted by atomic mass is 10.1. The molecule has 0 N–H and O–H groups in total. The van der Waals surface area contributed by atoms with Gasteiger partial charge in [0.15, 0.2) is 0 Å². The number of hydrogen-bond donors (Lipinski definition) is 0. The summed E-state index contributed by atoms with van der Waals surface area (Å²) in [5.41, 5.74) is 1.43. The van der Waals surface area contributed by atoms with Crippen molar-refractivity contribution in [2.24, 2.45) is 5.92 Å². The van der Waals surface area contributed by atoms with Crippen molar-refractivity contribution in [3.63, 3.8) is 0 Å². The SMILES string of the molecule is Cc1cnc(CC(Cl)C2CC2)cc1[N+](=O)[O-]. The molecule has 0 spiro atoms. The van der Waals surface area contributed by atoms with Crippen molar-refractivity contribution in [3.05, 3.63) is 33.6 Å². The molecule has 0 aromatic carbocycles. The van der Waals surface area contributed by atoms with Gasteiger partial charge in [0.05, 0.1) is 4.92 Å². The summed E-state index contributed by atoms with van der Waals surface area (Å²) >= 11 is 6.17. The lowest BCUT2D eigenvalue weighted by Crippen LogP contribution is -2.08. The van der Waals surface area contributed by atoms with Crippen LogP contribution in [0.2, 0.25) is 0 Å². The number of hydrogen-bond acceptors (Lipinski definition) is 3. The van der Waals surface area contributed by atoms with Gasteiger partial charge in [-0.2, -0.15) is 0 Å². The highest BCUT2D eigenvalue weighted by atomic mass is 35.5. The summed E-state index contributed by atoms with van der Waals surface area (Å²) in [5.74, 6) is 0.573. The lowest BCUT2D eigenvalue weighted by Gasteiger charge is -2.07. The molecular weight excluding hydrogens is 228 g/mol. The summed E-state index contributed by atoms with van der Waals surface area (Å²) in [6.07, 6.45) is 4.50. The third-order valence-corrected chi connectivity index (χ3v) is 3.38. The summed E-state index contributed by atoms with van der Waals surface area (Å²) < 4.78 is 0. The molecule has 1 aliphatic rings. The Bertz CT molecular complexity index is 418. The summed E-state index contributed by atoms with van der Waals surface area (Å²) in [5, 5.41) is 10.8. The largest absolute Gasteiger partial charge is 0.275 e. The van der Waals surface area contributed by atoms with Crippen molar-refractivity contribution in [1.82, 2.24) is 4.98 Å². The third-order valence-electron chi connectivity index (χ3n) is 2.87. The van der Waals surface area contributed by atoms with Gasteiger partial charge in [0.1, 0.15) is 0 Å². The average Bonchev–Trinajstić information content (AvgIpc) is 3.03. The summed E-state index contributed by atoms with van der Waals surface area (Å²) in [6.45, 7) is 1.69. The van der Waals surface area contributed by atoms with Gasteiger partial charge in [0.2, 0.25) is 0 Å². The van der Waals surface area contributed by atoms with E-state index in [0.717, 1.165) is 0 Å². The first kappa shape index (κ1) is 11.3. The van der Waals surface area contributed by atoms with E-state index in [1.54, 1.807) is 13.1 Å². The fourth-order valence-electron chi connectivity index (χ4n) is 1.69. The molecule has 0 aliphatic heterocycles. The molecule has 1 atom stereocenters. The van der Waals surface area contributed by atoms with Crippen LogP contribution in [0.25, 0.3) is 0 Å². The van der Waals surface area contributed by atoms with E-state index < -0.39 is 0 Å². The normalized spacial score (nSPS) is 17.1. The van der Waals surface area contributed by atoms with Crippen LogP contribution in [0.3, 0.4) is 0 Å². The highest BCUT2D eigenvalue weighted by Crippen LogP contribution is 2.37. The fraction of sp³-hybridized carbons (Fsp3) is 0.545. The van der Waals surface area contributed by atoms with Crippen molar-refractivity contribution < 1.29 is 4.92 Å². The van der Waals surface area contributed by atoms with E-state index in [2.05, 4.69) is 4.98 Å². The number of pyridine rings is 1. The zero-order valence-corrected chi connectivity index (χ0v) is 9.78. The Morgan fingerprint density at radius 3 is 2.94 bits per heavy atom. The maximum absolute atomic E-state index is 10.8. The Labute approximate surface area is 98.8 Å². The van der Waals surface area contributed by atoms with Crippen molar-refractivity contribution in [2.45, 2.75) is 31.6 Å². The third kappa shape index (κ3) is 2.50. The van der Waals surface area contributed by atoms with Gasteiger partial charge < -0.3 is 0 Å². The molecule has 0 amide bonds. The second-order valence-electron chi connectivity index (χ2n) is 4.28. The minimum absolute atomic E-state index is 0.0646. The molecular formula is C11H13ClN2O2. The maximum Gasteiger partial charge on any atom is 0.275 e. The second-order valence-corrected chi connectivity index (χ2v) is 4.84. The van der Waals surface area contributed by atoms with E-state index in [1.807, 2.05) is 0 Å². The zero-order chi connectivity index (χ0) is 11.7. The van der Waals surface area contributed by atoms with E-state index in [1.165, 1.54) is 18.9 Å². The molecule has 5 heteroatoms. The quantitative estimate of drug-likeness (QED) is 0.462. The first-order valence-corrected chi connectivity index (χ1v) is 5.75. The topological polar surface area (TPSA) is 56.0 Å². The van der Waals surface area contributed by atoms with E-state index in [9.17, 15) is 10.1 Å². The summed E-state index contributed by atoms with van der Waals surface area (Å²) in [4.78, 5) is 14.6. The van der Waals surface area contributed by atoms with Gasteiger partial charge in [-0.25, -0.2) is 0 Å². The molecule has 1 fully saturated rings. The molecule has 1 aromatic heterocycles. The van der Waals surface area contributed by atoms with Crippen molar-refractivity contribution >= 4 is 17.3 Å². The second kappa shape index (κ2) is 4.37. The smallest absolute Gasteiger partial charge is 0.260 e. The minimum atomic E-state index is -0.374. The Morgan fingerprint density at radius 2 is 2.38 bits per heavy atom. The molecule has 0 saturated heterocycles. The van der Waals surface area contributed by atoms with Crippen LogP contribution in [0, 0.1) is 23.0 Å². The molecule has 1 aliphatic carbocycles. The standard InChI is InChI=1S/C11H13ClN2O2/c1-7-6-13-9(5-11(7)14(15)16)4-10(12)8-2-3-8/h5-6,8,10H,2-4H2,1H3. The van der Waals surface area contributed by atoms with Gasteiger partial charge >= 0.3 is 0 Å². The summed E-state index contributed by atoms with van der Waals surface area (Å²) in [7, 11) is 0. The van der Waals surface area contributed by atoms with Crippen LogP contribution in [0.15, 0.2) is 12.3 Å². The van der Waals surface area contributed by atoms with Crippen LogP contribution in [0.4, 0.5) is 5.69 Å². The predicted molar refractivity (Wildman–Crippen MR) is 61.7 cm³/mol. The molecule has 0 radical (unpaired) electrons. The number of nitrogens with zero attached hydrogens (tertiary/aromatic N) is 2. The highest BCUT2D eigenvalue weighted by molar-refractivity contribution is 6.21. The molecule has 4 nitrogen and oxygen atoms in total. The van der Waals surface area contributed by atoms with Gasteiger partial charge in [-0.1, -0.05) is 0 Å². The van der Waals surface area contributed by atoms with Crippen LogP contribution < -0.4 is 0 Å². The monoisotopic (exact) mass is 240 g/mol.